The Morgan fingerprint density at radius 3 is 2.48 bits per heavy atom. The maximum atomic E-state index is 5.59. The first-order valence-electron chi connectivity index (χ1n) is 8.34. The van der Waals surface area contributed by atoms with Gasteiger partial charge in [0.1, 0.15) is 16.5 Å². The molecule has 1 saturated carbocycles. The third-order valence-electron chi connectivity index (χ3n) is 4.92. The van der Waals surface area contributed by atoms with Crippen molar-refractivity contribution in [2.45, 2.75) is 32.1 Å². The molecule has 1 aliphatic carbocycles. The van der Waals surface area contributed by atoms with Gasteiger partial charge in [0.15, 0.2) is 0 Å². The van der Waals surface area contributed by atoms with Crippen molar-refractivity contribution in [2.24, 2.45) is 0 Å². The van der Waals surface area contributed by atoms with Crippen LogP contribution in [0, 0.1) is 13.8 Å². The number of thiazole rings is 1. The van der Waals surface area contributed by atoms with Gasteiger partial charge in [-0.15, -0.1) is 22.7 Å². The zero-order valence-electron chi connectivity index (χ0n) is 14.9. The maximum absolute atomic E-state index is 5.59. The minimum Gasteiger partial charge on any atom is -0.497 e. The molecule has 0 radical (unpaired) electrons. The number of nitrogens with zero attached hydrogens (tertiary/aromatic N) is 1. The van der Waals surface area contributed by atoms with Crippen molar-refractivity contribution in [3.8, 4) is 22.8 Å². The molecule has 0 atom stereocenters. The Bertz CT molecular complexity index is 922. The third-order valence-corrected chi connectivity index (χ3v) is 7.31. The van der Waals surface area contributed by atoms with E-state index in [2.05, 4.69) is 25.3 Å². The standard InChI is InChI=1S/C20H21NO2S2/c1-12-7-10-24-18(12)20(8-9-20)19-21-17(13(2)25-19)15-6-5-14(22-3)11-16(15)23-4/h5-7,10-11H,8-9H2,1-4H3. The van der Waals surface area contributed by atoms with Crippen molar-refractivity contribution in [3.63, 3.8) is 0 Å². The van der Waals surface area contributed by atoms with Crippen molar-refractivity contribution >= 4 is 22.7 Å². The molecule has 4 rings (SSSR count). The number of rotatable bonds is 5. The molecule has 1 aromatic carbocycles. The number of ether oxygens (including phenoxy) is 2. The highest BCUT2D eigenvalue weighted by atomic mass is 32.1. The van der Waals surface area contributed by atoms with Gasteiger partial charge in [0.2, 0.25) is 0 Å². The normalized spacial score (nSPS) is 15.2. The van der Waals surface area contributed by atoms with E-state index >= 15 is 0 Å². The highest BCUT2D eigenvalue weighted by molar-refractivity contribution is 7.13. The van der Waals surface area contributed by atoms with E-state index in [1.807, 2.05) is 40.9 Å². The molecule has 2 aromatic heterocycles. The second-order valence-electron chi connectivity index (χ2n) is 6.50. The summed E-state index contributed by atoms with van der Waals surface area (Å²) in [7, 11) is 3.36. The van der Waals surface area contributed by atoms with Crippen LogP contribution in [-0.4, -0.2) is 19.2 Å². The number of hydrogen-bond acceptors (Lipinski definition) is 5. The van der Waals surface area contributed by atoms with Crippen LogP contribution >= 0.6 is 22.7 Å². The van der Waals surface area contributed by atoms with Crippen LogP contribution in [0.4, 0.5) is 0 Å². The number of aryl methyl sites for hydroxylation is 2. The molecule has 0 N–H and O–H groups in total. The average molecular weight is 372 g/mol. The fourth-order valence-electron chi connectivity index (χ4n) is 3.37. The summed E-state index contributed by atoms with van der Waals surface area (Å²) in [6, 6.07) is 8.14. The second kappa shape index (κ2) is 6.15. The molecule has 0 unspecified atom stereocenters. The van der Waals surface area contributed by atoms with Crippen molar-refractivity contribution in [1.82, 2.24) is 4.98 Å². The third kappa shape index (κ3) is 2.66. The topological polar surface area (TPSA) is 31.4 Å². The monoisotopic (exact) mass is 371 g/mol. The molecule has 25 heavy (non-hydrogen) atoms. The number of thiophene rings is 1. The lowest BCUT2D eigenvalue weighted by Crippen LogP contribution is -2.07. The van der Waals surface area contributed by atoms with Crippen molar-refractivity contribution in [3.05, 3.63) is 50.0 Å². The molecule has 0 spiro atoms. The Morgan fingerprint density at radius 1 is 1.08 bits per heavy atom. The van der Waals surface area contributed by atoms with Gasteiger partial charge in [-0.2, -0.15) is 0 Å². The van der Waals surface area contributed by atoms with Gasteiger partial charge in [-0.1, -0.05) is 0 Å². The first-order chi connectivity index (χ1) is 12.1. The van der Waals surface area contributed by atoms with Gasteiger partial charge >= 0.3 is 0 Å². The van der Waals surface area contributed by atoms with Crippen molar-refractivity contribution in [1.29, 1.82) is 0 Å². The van der Waals surface area contributed by atoms with E-state index in [1.54, 1.807) is 14.2 Å². The molecule has 3 nitrogen and oxygen atoms in total. The van der Waals surface area contributed by atoms with Gasteiger partial charge < -0.3 is 9.47 Å². The highest BCUT2D eigenvalue weighted by Gasteiger charge is 2.50. The SMILES string of the molecule is COc1ccc(-c2nc(C3(c4sccc4C)CC3)sc2C)c(OC)c1. The fourth-order valence-corrected chi connectivity index (χ4v) is 5.81. The Hall–Kier alpha value is -1.85. The molecule has 3 aromatic rings. The van der Waals surface area contributed by atoms with Crippen LogP contribution in [0.15, 0.2) is 29.6 Å². The molecular weight excluding hydrogens is 350 g/mol. The lowest BCUT2D eigenvalue weighted by atomic mass is 10.0. The van der Waals surface area contributed by atoms with Crippen LogP contribution in [0.2, 0.25) is 0 Å². The van der Waals surface area contributed by atoms with Crippen molar-refractivity contribution in [2.75, 3.05) is 14.2 Å². The van der Waals surface area contributed by atoms with Crippen LogP contribution in [-0.2, 0) is 5.41 Å². The summed E-state index contributed by atoms with van der Waals surface area (Å²) >= 11 is 3.69. The Labute approximate surface area is 156 Å². The molecule has 1 fully saturated rings. The minimum absolute atomic E-state index is 0.144. The molecule has 5 heteroatoms. The number of hydrogen-bond donors (Lipinski definition) is 0. The highest BCUT2D eigenvalue weighted by Crippen LogP contribution is 2.57. The zero-order valence-corrected chi connectivity index (χ0v) is 16.5. The summed E-state index contributed by atoms with van der Waals surface area (Å²) in [5.41, 5.74) is 3.59. The lowest BCUT2D eigenvalue weighted by Gasteiger charge is -2.12. The molecule has 2 heterocycles. The largest absolute Gasteiger partial charge is 0.497 e. The average Bonchev–Trinajstić information content (AvgIpc) is 3.16. The van der Waals surface area contributed by atoms with Crippen LogP contribution in [0.5, 0.6) is 11.5 Å². The zero-order chi connectivity index (χ0) is 17.6. The van der Waals surface area contributed by atoms with E-state index in [9.17, 15) is 0 Å². The second-order valence-corrected chi connectivity index (χ2v) is 8.62. The molecule has 1 aliphatic rings. The first-order valence-corrected chi connectivity index (χ1v) is 10.0. The molecule has 130 valence electrons. The summed E-state index contributed by atoms with van der Waals surface area (Å²) in [6.07, 6.45) is 2.39. The Kier molecular flexibility index (Phi) is 4.08. The van der Waals surface area contributed by atoms with Crippen molar-refractivity contribution < 1.29 is 9.47 Å². The van der Waals surface area contributed by atoms with E-state index in [-0.39, 0.29) is 5.41 Å². The predicted molar refractivity (Wildman–Crippen MR) is 104 cm³/mol. The van der Waals surface area contributed by atoms with Gasteiger partial charge in [0, 0.05) is 21.4 Å². The summed E-state index contributed by atoms with van der Waals surface area (Å²) in [5, 5.41) is 3.43. The molecule has 0 bridgehead atoms. The first kappa shape index (κ1) is 16.6. The molecular formula is C20H21NO2S2. The molecule has 0 saturated heterocycles. The number of aromatic nitrogens is 1. The van der Waals surface area contributed by atoms with E-state index in [0.717, 1.165) is 22.8 Å². The molecule has 0 aliphatic heterocycles. The van der Waals surface area contributed by atoms with Gasteiger partial charge in [-0.25, -0.2) is 4.98 Å². The van der Waals surface area contributed by atoms with Crippen LogP contribution in [0.1, 0.15) is 33.2 Å². The lowest BCUT2D eigenvalue weighted by molar-refractivity contribution is 0.395. The van der Waals surface area contributed by atoms with Gasteiger partial charge in [0.25, 0.3) is 0 Å². The summed E-state index contributed by atoms with van der Waals surface area (Å²) in [5.74, 6) is 1.60. The summed E-state index contributed by atoms with van der Waals surface area (Å²) < 4.78 is 10.9. The predicted octanol–water partition coefficient (Wildman–Crippen LogP) is 5.59. The van der Waals surface area contributed by atoms with Gasteiger partial charge in [-0.05, 0) is 55.8 Å². The van der Waals surface area contributed by atoms with E-state index in [0.29, 0.717) is 0 Å². The van der Waals surface area contributed by atoms with Gasteiger partial charge in [-0.3, -0.25) is 0 Å². The quantitative estimate of drug-likeness (QED) is 0.586. The van der Waals surface area contributed by atoms with E-state index < -0.39 is 0 Å². The van der Waals surface area contributed by atoms with Crippen LogP contribution < -0.4 is 9.47 Å². The number of benzene rings is 1. The smallest absolute Gasteiger partial charge is 0.131 e. The minimum atomic E-state index is 0.144. The summed E-state index contributed by atoms with van der Waals surface area (Å²) in [6.45, 7) is 4.36. The number of methoxy groups -OCH3 is 2. The fraction of sp³-hybridized carbons (Fsp3) is 0.350. The van der Waals surface area contributed by atoms with E-state index in [4.69, 9.17) is 14.5 Å². The molecule has 0 amide bonds. The van der Waals surface area contributed by atoms with Crippen LogP contribution in [0.25, 0.3) is 11.3 Å². The van der Waals surface area contributed by atoms with E-state index in [1.165, 1.54) is 33.2 Å². The maximum Gasteiger partial charge on any atom is 0.131 e. The van der Waals surface area contributed by atoms with Crippen LogP contribution in [0.3, 0.4) is 0 Å². The Morgan fingerprint density at radius 2 is 1.88 bits per heavy atom. The Balaban J connectivity index is 1.79. The van der Waals surface area contributed by atoms with Gasteiger partial charge in [0.05, 0.1) is 25.3 Å². The summed E-state index contributed by atoms with van der Waals surface area (Å²) in [4.78, 5) is 7.80.